The number of hydrogen-bond donors (Lipinski definition) is 1. The summed E-state index contributed by atoms with van der Waals surface area (Å²) in [4.78, 5) is 14.5. The van der Waals surface area contributed by atoms with E-state index in [-0.39, 0.29) is 12.3 Å². The van der Waals surface area contributed by atoms with Gasteiger partial charge in [0.15, 0.2) is 0 Å². The van der Waals surface area contributed by atoms with Crippen molar-refractivity contribution in [2.45, 2.75) is 13.5 Å². The summed E-state index contributed by atoms with van der Waals surface area (Å²) >= 11 is 0. The lowest BCUT2D eigenvalue weighted by Gasteiger charge is -2.03. The highest BCUT2D eigenvalue weighted by atomic mass is 16.6. The molecule has 2 N–H and O–H groups in total. The quantitative estimate of drug-likeness (QED) is 0.564. The Morgan fingerprint density at radius 3 is 2.85 bits per heavy atom. The van der Waals surface area contributed by atoms with Crippen molar-refractivity contribution in [3.63, 3.8) is 0 Å². The van der Waals surface area contributed by atoms with Crippen molar-refractivity contribution in [1.82, 2.24) is 0 Å². The number of benzene rings is 1. The Bertz CT molecular complexity index is 325. The van der Waals surface area contributed by atoms with E-state index in [0.29, 0.717) is 5.56 Å². The van der Waals surface area contributed by atoms with Gasteiger partial charge in [0.05, 0.1) is 17.1 Å². The Hall–Kier alpha value is -1.46. The van der Waals surface area contributed by atoms with Gasteiger partial charge in [-0.05, 0) is 12.5 Å². The van der Waals surface area contributed by atoms with Crippen molar-refractivity contribution in [3.8, 4) is 0 Å². The van der Waals surface area contributed by atoms with Crippen LogP contribution in [0.15, 0.2) is 18.2 Å². The molecule has 5 heteroatoms. The first-order valence-corrected chi connectivity index (χ1v) is 3.71. The summed E-state index contributed by atoms with van der Waals surface area (Å²) in [6.45, 7) is 1.84. The highest BCUT2D eigenvalue weighted by Crippen LogP contribution is 2.21. The molecule has 0 aliphatic heterocycles. The van der Waals surface area contributed by atoms with E-state index in [1.807, 2.05) is 0 Å². The average molecular weight is 182 g/mol. The highest BCUT2D eigenvalue weighted by molar-refractivity contribution is 5.44. The van der Waals surface area contributed by atoms with Gasteiger partial charge in [0.2, 0.25) is 0 Å². The molecule has 0 saturated heterocycles. The van der Waals surface area contributed by atoms with Crippen molar-refractivity contribution in [2.75, 3.05) is 0 Å². The molecule has 70 valence electrons. The summed E-state index contributed by atoms with van der Waals surface area (Å²) < 4.78 is 0. The van der Waals surface area contributed by atoms with Crippen LogP contribution in [-0.4, -0.2) is 4.92 Å². The molecular formula is C8H10N2O3. The molecule has 5 nitrogen and oxygen atoms in total. The van der Waals surface area contributed by atoms with Crippen LogP contribution in [0.1, 0.15) is 11.1 Å². The minimum absolute atomic E-state index is 0.0467. The SMILES string of the molecule is Cc1cccc([N+](=O)[O-])c1CON. The molecule has 0 atom stereocenters. The monoisotopic (exact) mass is 182 g/mol. The maximum Gasteiger partial charge on any atom is 0.275 e. The van der Waals surface area contributed by atoms with E-state index in [1.54, 1.807) is 19.1 Å². The summed E-state index contributed by atoms with van der Waals surface area (Å²) in [7, 11) is 0. The van der Waals surface area contributed by atoms with Gasteiger partial charge in [-0.3, -0.25) is 15.0 Å². The van der Waals surface area contributed by atoms with Crippen molar-refractivity contribution in [2.24, 2.45) is 5.90 Å². The molecule has 1 aromatic rings. The third-order valence-electron chi connectivity index (χ3n) is 1.81. The largest absolute Gasteiger partial charge is 0.300 e. The van der Waals surface area contributed by atoms with Crippen LogP contribution in [0.3, 0.4) is 0 Å². The van der Waals surface area contributed by atoms with Gasteiger partial charge in [0, 0.05) is 6.07 Å². The summed E-state index contributed by atoms with van der Waals surface area (Å²) in [5.41, 5.74) is 1.38. The summed E-state index contributed by atoms with van der Waals surface area (Å²) in [6, 6.07) is 4.84. The minimum atomic E-state index is -0.443. The average Bonchev–Trinajstić information content (AvgIpc) is 2.08. The molecule has 0 radical (unpaired) electrons. The van der Waals surface area contributed by atoms with Gasteiger partial charge in [0.25, 0.3) is 5.69 Å². The number of rotatable bonds is 3. The molecule has 0 aliphatic carbocycles. The number of nitro groups is 1. The van der Waals surface area contributed by atoms with E-state index in [9.17, 15) is 10.1 Å². The first-order valence-electron chi connectivity index (χ1n) is 3.71. The molecule has 1 aromatic carbocycles. The van der Waals surface area contributed by atoms with E-state index < -0.39 is 4.92 Å². The van der Waals surface area contributed by atoms with Crippen LogP contribution in [0.5, 0.6) is 0 Å². The van der Waals surface area contributed by atoms with E-state index in [2.05, 4.69) is 4.84 Å². The fourth-order valence-corrected chi connectivity index (χ4v) is 1.13. The Kier molecular flexibility index (Phi) is 2.94. The maximum absolute atomic E-state index is 10.6. The van der Waals surface area contributed by atoms with Crippen LogP contribution >= 0.6 is 0 Å². The van der Waals surface area contributed by atoms with Crippen LogP contribution in [0, 0.1) is 17.0 Å². The van der Waals surface area contributed by atoms with E-state index in [0.717, 1.165) is 5.56 Å². The number of nitro benzene ring substituents is 1. The normalized spacial score (nSPS) is 10.0. The molecule has 0 bridgehead atoms. The highest BCUT2D eigenvalue weighted by Gasteiger charge is 2.14. The Morgan fingerprint density at radius 1 is 1.62 bits per heavy atom. The summed E-state index contributed by atoms with van der Waals surface area (Å²) in [5, 5.41) is 10.6. The third kappa shape index (κ3) is 2.01. The number of hydrogen-bond acceptors (Lipinski definition) is 4. The van der Waals surface area contributed by atoms with Gasteiger partial charge < -0.3 is 0 Å². The zero-order valence-corrected chi connectivity index (χ0v) is 7.19. The number of aryl methyl sites for hydroxylation is 1. The molecular weight excluding hydrogens is 172 g/mol. The molecule has 0 heterocycles. The molecule has 0 aliphatic rings. The van der Waals surface area contributed by atoms with Crippen molar-refractivity contribution < 1.29 is 9.76 Å². The topological polar surface area (TPSA) is 78.4 Å². The number of nitrogens with zero attached hydrogens (tertiary/aromatic N) is 1. The van der Waals surface area contributed by atoms with Crippen LogP contribution in [0.25, 0.3) is 0 Å². The molecule has 0 saturated carbocycles. The molecule has 0 spiro atoms. The van der Waals surface area contributed by atoms with Gasteiger partial charge in [-0.2, -0.15) is 0 Å². The second kappa shape index (κ2) is 3.97. The van der Waals surface area contributed by atoms with E-state index in [4.69, 9.17) is 5.90 Å². The van der Waals surface area contributed by atoms with Crippen LogP contribution in [0.2, 0.25) is 0 Å². The van der Waals surface area contributed by atoms with Gasteiger partial charge in [0.1, 0.15) is 0 Å². The zero-order chi connectivity index (χ0) is 9.84. The fourth-order valence-electron chi connectivity index (χ4n) is 1.13. The minimum Gasteiger partial charge on any atom is -0.300 e. The Morgan fingerprint density at radius 2 is 2.31 bits per heavy atom. The van der Waals surface area contributed by atoms with Crippen molar-refractivity contribution >= 4 is 5.69 Å². The molecule has 13 heavy (non-hydrogen) atoms. The van der Waals surface area contributed by atoms with Gasteiger partial charge in [-0.1, -0.05) is 12.1 Å². The summed E-state index contributed by atoms with van der Waals surface area (Å²) in [6.07, 6.45) is 0. The molecule has 0 amide bonds. The Balaban J connectivity index is 3.17. The second-order valence-corrected chi connectivity index (χ2v) is 2.64. The lowest BCUT2D eigenvalue weighted by atomic mass is 10.1. The molecule has 0 unspecified atom stereocenters. The first-order chi connectivity index (χ1) is 6.16. The molecule has 0 fully saturated rings. The maximum atomic E-state index is 10.6. The van der Waals surface area contributed by atoms with Gasteiger partial charge in [-0.25, -0.2) is 5.90 Å². The lowest BCUT2D eigenvalue weighted by molar-refractivity contribution is -0.386. The van der Waals surface area contributed by atoms with Crippen molar-refractivity contribution in [1.29, 1.82) is 0 Å². The van der Waals surface area contributed by atoms with Gasteiger partial charge >= 0.3 is 0 Å². The molecule has 0 aromatic heterocycles. The van der Waals surface area contributed by atoms with Crippen LogP contribution < -0.4 is 5.90 Å². The standard InChI is InChI=1S/C8H10N2O3/c1-6-3-2-4-8(10(11)12)7(6)5-13-9/h2-4H,5,9H2,1H3. The second-order valence-electron chi connectivity index (χ2n) is 2.64. The Labute approximate surface area is 75.2 Å². The first kappa shape index (κ1) is 9.63. The van der Waals surface area contributed by atoms with E-state index in [1.165, 1.54) is 6.07 Å². The van der Waals surface area contributed by atoms with Gasteiger partial charge in [-0.15, -0.1) is 0 Å². The van der Waals surface area contributed by atoms with Crippen molar-refractivity contribution in [3.05, 3.63) is 39.4 Å². The predicted octanol–water partition coefficient (Wildman–Crippen LogP) is 1.29. The lowest BCUT2D eigenvalue weighted by Crippen LogP contribution is -2.04. The smallest absolute Gasteiger partial charge is 0.275 e. The molecule has 1 rings (SSSR count). The summed E-state index contributed by atoms with van der Waals surface area (Å²) in [5.74, 6) is 4.88. The van der Waals surface area contributed by atoms with E-state index >= 15 is 0 Å². The van der Waals surface area contributed by atoms with Crippen LogP contribution in [-0.2, 0) is 11.4 Å². The van der Waals surface area contributed by atoms with Crippen LogP contribution in [0.4, 0.5) is 5.69 Å². The zero-order valence-electron chi connectivity index (χ0n) is 7.19. The fraction of sp³-hybridized carbons (Fsp3) is 0.250. The number of nitrogens with two attached hydrogens (primary N) is 1. The third-order valence-corrected chi connectivity index (χ3v) is 1.81. The predicted molar refractivity (Wildman–Crippen MR) is 46.8 cm³/mol.